The predicted octanol–water partition coefficient (Wildman–Crippen LogP) is 2.98. The Kier molecular flexibility index (Phi) is 0.868. The van der Waals surface area contributed by atoms with Crippen molar-refractivity contribution in [3.05, 3.63) is 0 Å². The Hall–Kier alpha value is 0. The molecule has 2 aliphatic rings. The molecule has 0 radical (unpaired) electrons. The van der Waals surface area contributed by atoms with E-state index in [0.717, 1.165) is 10.8 Å². The minimum absolute atomic E-state index is 0.783. The summed E-state index contributed by atoms with van der Waals surface area (Å²) in [6, 6.07) is 0. The molecule has 2 fully saturated rings. The maximum atomic E-state index is 2.46. The predicted molar refractivity (Wildman–Crippen MR) is 39.3 cm³/mol. The van der Waals surface area contributed by atoms with Gasteiger partial charge in [0.05, 0.1) is 0 Å². The van der Waals surface area contributed by atoms with Gasteiger partial charge in [-0.2, -0.15) is 0 Å². The molecule has 0 saturated heterocycles. The van der Waals surface area contributed by atoms with Gasteiger partial charge in [-0.1, -0.05) is 26.7 Å². The topological polar surface area (TPSA) is 0 Å². The molecule has 2 rings (SSSR count). The van der Waals surface area contributed by atoms with Crippen LogP contribution in [-0.2, 0) is 0 Å². The Morgan fingerprint density at radius 1 is 0.889 bits per heavy atom. The Balaban J connectivity index is 2.15. The summed E-state index contributed by atoms with van der Waals surface area (Å²) in [5.41, 5.74) is 1.57. The van der Waals surface area contributed by atoms with Crippen LogP contribution >= 0.6 is 0 Å². The molecule has 0 aromatic heterocycles. The van der Waals surface area contributed by atoms with Crippen molar-refractivity contribution in [3.63, 3.8) is 0 Å². The van der Waals surface area contributed by atoms with Gasteiger partial charge in [0.25, 0.3) is 0 Å². The van der Waals surface area contributed by atoms with Crippen molar-refractivity contribution in [1.82, 2.24) is 0 Å². The lowest BCUT2D eigenvalue weighted by atomic mass is 9.82. The van der Waals surface area contributed by atoms with Crippen LogP contribution in [0.25, 0.3) is 0 Å². The molecule has 0 heterocycles. The second-order valence-corrected chi connectivity index (χ2v) is 4.51. The van der Waals surface area contributed by atoms with E-state index in [0.29, 0.717) is 0 Å². The van der Waals surface area contributed by atoms with Gasteiger partial charge in [0.2, 0.25) is 0 Å². The van der Waals surface area contributed by atoms with E-state index in [9.17, 15) is 0 Å². The summed E-state index contributed by atoms with van der Waals surface area (Å²) in [6.45, 7) is 4.93. The summed E-state index contributed by atoms with van der Waals surface area (Å²) >= 11 is 0. The van der Waals surface area contributed by atoms with E-state index in [1.54, 1.807) is 0 Å². The average molecular weight is 124 g/mol. The number of hydrogen-bond acceptors (Lipinski definition) is 0. The highest BCUT2D eigenvalue weighted by Crippen LogP contribution is 2.70. The zero-order valence-electron chi connectivity index (χ0n) is 6.54. The second-order valence-electron chi connectivity index (χ2n) is 4.51. The summed E-state index contributed by atoms with van der Waals surface area (Å²) in [5, 5.41) is 0. The van der Waals surface area contributed by atoms with Crippen LogP contribution in [0.15, 0.2) is 0 Å². The van der Waals surface area contributed by atoms with Gasteiger partial charge in [-0.05, 0) is 30.1 Å². The van der Waals surface area contributed by atoms with Gasteiger partial charge >= 0.3 is 0 Å². The van der Waals surface area contributed by atoms with Gasteiger partial charge in [-0.3, -0.25) is 0 Å². The Bertz CT molecular complexity index is 115. The highest BCUT2D eigenvalue weighted by molar-refractivity contribution is 5.10. The molecule has 0 N–H and O–H groups in total. The van der Waals surface area contributed by atoms with Crippen LogP contribution < -0.4 is 0 Å². The summed E-state index contributed by atoms with van der Waals surface area (Å²) < 4.78 is 0. The Morgan fingerprint density at radius 3 is 1.67 bits per heavy atom. The molecule has 9 heavy (non-hydrogen) atoms. The number of fused-ring (bicyclic) bond motifs is 1. The molecule has 0 nitrogen and oxygen atoms in total. The van der Waals surface area contributed by atoms with E-state index >= 15 is 0 Å². The van der Waals surface area contributed by atoms with E-state index in [1.165, 1.54) is 32.1 Å². The number of hydrogen-bond donors (Lipinski definition) is 0. The first kappa shape index (κ1) is 5.76. The van der Waals surface area contributed by atoms with Crippen LogP contribution in [0.2, 0.25) is 0 Å². The molecule has 0 aliphatic heterocycles. The SMILES string of the molecule is CC12CCCCC1(C)C2. The van der Waals surface area contributed by atoms with E-state index in [-0.39, 0.29) is 0 Å². The van der Waals surface area contributed by atoms with Crippen molar-refractivity contribution in [1.29, 1.82) is 0 Å². The summed E-state index contributed by atoms with van der Waals surface area (Å²) in [5.74, 6) is 0. The Labute approximate surface area is 57.6 Å². The van der Waals surface area contributed by atoms with E-state index in [2.05, 4.69) is 13.8 Å². The third-order valence-electron chi connectivity index (χ3n) is 3.82. The van der Waals surface area contributed by atoms with Gasteiger partial charge in [0.15, 0.2) is 0 Å². The molecule has 0 amide bonds. The molecule has 2 saturated carbocycles. The first-order valence-electron chi connectivity index (χ1n) is 4.16. The van der Waals surface area contributed by atoms with Crippen LogP contribution in [0.5, 0.6) is 0 Å². The lowest BCUT2D eigenvalue weighted by Gasteiger charge is -2.23. The maximum absolute atomic E-state index is 2.46. The molecule has 0 aromatic rings. The van der Waals surface area contributed by atoms with Gasteiger partial charge in [-0.15, -0.1) is 0 Å². The van der Waals surface area contributed by atoms with Crippen LogP contribution in [0.1, 0.15) is 46.0 Å². The number of rotatable bonds is 0. The molecule has 2 atom stereocenters. The van der Waals surface area contributed by atoms with E-state index in [4.69, 9.17) is 0 Å². The van der Waals surface area contributed by atoms with Crippen LogP contribution in [0, 0.1) is 10.8 Å². The molecule has 52 valence electrons. The second kappa shape index (κ2) is 1.36. The summed E-state index contributed by atoms with van der Waals surface area (Å²) in [7, 11) is 0. The van der Waals surface area contributed by atoms with Gasteiger partial charge in [0.1, 0.15) is 0 Å². The molecule has 0 bridgehead atoms. The highest BCUT2D eigenvalue weighted by Gasteiger charge is 2.60. The van der Waals surface area contributed by atoms with E-state index in [1.807, 2.05) is 0 Å². The third-order valence-corrected chi connectivity index (χ3v) is 3.82. The summed E-state index contributed by atoms with van der Waals surface area (Å²) in [4.78, 5) is 0. The normalized spacial score (nSPS) is 56.7. The quantitative estimate of drug-likeness (QED) is 0.465. The lowest BCUT2D eigenvalue weighted by molar-refractivity contribution is 0.277. The largest absolute Gasteiger partial charge is 0.0591 e. The average Bonchev–Trinajstić information content (AvgIpc) is 2.33. The van der Waals surface area contributed by atoms with Crippen molar-refractivity contribution in [2.24, 2.45) is 10.8 Å². The fourth-order valence-corrected chi connectivity index (χ4v) is 2.63. The minimum atomic E-state index is 0.783. The van der Waals surface area contributed by atoms with Crippen molar-refractivity contribution in [3.8, 4) is 0 Å². The van der Waals surface area contributed by atoms with E-state index < -0.39 is 0 Å². The van der Waals surface area contributed by atoms with Crippen molar-refractivity contribution in [2.45, 2.75) is 46.0 Å². The van der Waals surface area contributed by atoms with Crippen LogP contribution in [-0.4, -0.2) is 0 Å². The highest BCUT2D eigenvalue weighted by atomic mass is 14.6. The minimum Gasteiger partial charge on any atom is -0.0591 e. The molecule has 0 spiro atoms. The third kappa shape index (κ3) is 0.595. The molecule has 0 heteroatoms. The maximum Gasteiger partial charge on any atom is -0.0266 e. The standard InChI is InChI=1S/C9H16/c1-8-5-3-4-6-9(8,2)7-8/h3-7H2,1-2H3. The van der Waals surface area contributed by atoms with Gasteiger partial charge in [-0.25, -0.2) is 0 Å². The first-order chi connectivity index (χ1) is 4.16. The van der Waals surface area contributed by atoms with Crippen molar-refractivity contribution >= 4 is 0 Å². The zero-order chi connectivity index (χ0) is 6.54. The molecular weight excluding hydrogens is 108 g/mol. The first-order valence-corrected chi connectivity index (χ1v) is 4.16. The molecular formula is C9H16. The smallest absolute Gasteiger partial charge is 0.0266 e. The van der Waals surface area contributed by atoms with Gasteiger partial charge < -0.3 is 0 Å². The molecule has 2 unspecified atom stereocenters. The van der Waals surface area contributed by atoms with Gasteiger partial charge in [0, 0.05) is 0 Å². The van der Waals surface area contributed by atoms with Crippen LogP contribution in [0.3, 0.4) is 0 Å². The lowest BCUT2D eigenvalue weighted by Crippen LogP contribution is -2.12. The fraction of sp³-hybridized carbons (Fsp3) is 1.00. The zero-order valence-corrected chi connectivity index (χ0v) is 6.54. The Morgan fingerprint density at radius 2 is 1.33 bits per heavy atom. The van der Waals surface area contributed by atoms with Crippen molar-refractivity contribution in [2.75, 3.05) is 0 Å². The van der Waals surface area contributed by atoms with Crippen molar-refractivity contribution < 1.29 is 0 Å². The summed E-state index contributed by atoms with van der Waals surface area (Å²) in [6.07, 6.45) is 7.51. The van der Waals surface area contributed by atoms with Crippen LogP contribution in [0.4, 0.5) is 0 Å². The molecule has 0 aromatic carbocycles. The fourth-order valence-electron chi connectivity index (χ4n) is 2.63. The monoisotopic (exact) mass is 124 g/mol. The molecule has 2 aliphatic carbocycles.